The van der Waals surface area contributed by atoms with E-state index in [1.54, 1.807) is 0 Å². The fourth-order valence-corrected chi connectivity index (χ4v) is 8.25. The van der Waals surface area contributed by atoms with Crippen LogP contribution in [0.15, 0.2) is 164 Å². The monoisotopic (exact) mass is 1000 g/mol. The van der Waals surface area contributed by atoms with Crippen LogP contribution < -0.4 is 14.4 Å². The summed E-state index contributed by atoms with van der Waals surface area (Å²) < 4.78 is 12.8. The first-order valence-corrected chi connectivity index (χ1v) is 21.4. The minimum Gasteiger partial charge on any atom is -0.503 e. The van der Waals surface area contributed by atoms with Gasteiger partial charge in [0.25, 0.3) is 0 Å². The van der Waals surface area contributed by atoms with E-state index in [-0.39, 0.29) is 38.6 Å². The first-order valence-electron chi connectivity index (χ1n) is 21.4. The van der Waals surface area contributed by atoms with Crippen molar-refractivity contribution in [2.45, 2.75) is 71.6 Å². The van der Waals surface area contributed by atoms with Crippen LogP contribution in [0.3, 0.4) is 0 Å². The van der Waals surface area contributed by atoms with Gasteiger partial charge in [-0.3, -0.25) is 0 Å². The van der Waals surface area contributed by atoms with Gasteiger partial charge in [-0.15, -0.1) is 53.6 Å². The maximum absolute atomic E-state index is 6.44. The molecule has 0 spiro atoms. The Bertz CT molecular complexity index is 2750. The zero-order valence-corrected chi connectivity index (χ0v) is 39.3. The Hall–Kier alpha value is -6.17. The van der Waals surface area contributed by atoms with Crippen molar-refractivity contribution in [3.63, 3.8) is 0 Å². The molecule has 2 heterocycles. The maximum Gasteiger partial charge on any atom is 3.00 e. The van der Waals surface area contributed by atoms with Crippen molar-refractivity contribution in [3.05, 3.63) is 204 Å². The van der Waals surface area contributed by atoms with E-state index < -0.39 is 0 Å². The number of pyridine rings is 1. The van der Waals surface area contributed by atoms with Gasteiger partial charge in [-0.1, -0.05) is 152 Å². The molecular weight excluding hydrogens is 954 g/mol. The predicted octanol–water partition coefficient (Wildman–Crippen LogP) is 15.8. The number of aromatic nitrogens is 1. The summed E-state index contributed by atoms with van der Waals surface area (Å²) in [5.74, 6) is 2.40. The van der Waals surface area contributed by atoms with E-state index in [9.17, 15) is 0 Å². The number of anilines is 3. The standard InChI is InChI=1S/C58H51N2O2.Au/c1-56(2,3)43-31-40(32-44(37-43)57(4,5)6)41-35-52(39-27-29-45(30-28-39)60-54-25-17-15-23-50(54)58(7,8)51-24-16-18-26-55(51)60)59-53(36-41)42-33-48(61-46-19-11-9-12-20-46)38-49(34-42)62-47-21-13-10-14-22-47;/h9-21,23-27,29-33,35-38H,1-8H3;/q-3;+3. The fraction of sp³-hybridized carbons (Fsp3) is 0.190. The summed E-state index contributed by atoms with van der Waals surface area (Å²) in [5, 5.41) is 0. The summed E-state index contributed by atoms with van der Waals surface area (Å²) in [6.07, 6.45) is 0. The largest absolute Gasteiger partial charge is 3.00 e. The first-order chi connectivity index (χ1) is 29.7. The number of benzene rings is 7. The molecule has 0 N–H and O–H groups in total. The molecule has 0 aliphatic carbocycles. The number of hydrogen-bond donors (Lipinski definition) is 0. The molecule has 8 aromatic rings. The quantitative estimate of drug-likeness (QED) is 0.112. The summed E-state index contributed by atoms with van der Waals surface area (Å²) in [6, 6.07) is 66.8. The summed E-state index contributed by atoms with van der Waals surface area (Å²) in [7, 11) is 0. The smallest absolute Gasteiger partial charge is 0.503 e. The Morgan fingerprint density at radius 2 is 1.11 bits per heavy atom. The molecule has 9 rings (SSSR count). The fourth-order valence-electron chi connectivity index (χ4n) is 8.25. The van der Waals surface area contributed by atoms with Crippen LogP contribution in [-0.2, 0) is 38.6 Å². The second-order valence-electron chi connectivity index (χ2n) is 18.7. The van der Waals surface area contributed by atoms with Crippen LogP contribution in [0.5, 0.6) is 23.0 Å². The Morgan fingerprint density at radius 1 is 0.524 bits per heavy atom. The van der Waals surface area contributed by atoms with Crippen molar-refractivity contribution in [1.82, 2.24) is 4.98 Å². The van der Waals surface area contributed by atoms with E-state index >= 15 is 0 Å². The van der Waals surface area contributed by atoms with Gasteiger partial charge in [-0.05, 0) is 85.6 Å². The molecule has 0 fully saturated rings. The molecule has 63 heavy (non-hydrogen) atoms. The van der Waals surface area contributed by atoms with Gasteiger partial charge in [-0.25, -0.2) is 0 Å². The predicted molar refractivity (Wildman–Crippen MR) is 254 cm³/mol. The van der Waals surface area contributed by atoms with E-state index in [1.807, 2.05) is 66.7 Å². The zero-order chi connectivity index (χ0) is 43.2. The van der Waals surface area contributed by atoms with E-state index in [0.29, 0.717) is 17.2 Å². The second-order valence-corrected chi connectivity index (χ2v) is 18.7. The van der Waals surface area contributed by atoms with Crippen LogP contribution in [0.1, 0.15) is 77.6 Å². The number of hydrogen-bond acceptors (Lipinski definition) is 4. The van der Waals surface area contributed by atoms with Gasteiger partial charge in [0, 0.05) is 28.3 Å². The molecule has 0 radical (unpaired) electrons. The summed E-state index contributed by atoms with van der Waals surface area (Å²) >= 11 is 0. The zero-order valence-electron chi connectivity index (χ0n) is 37.1. The molecule has 0 unspecified atom stereocenters. The van der Waals surface area contributed by atoms with Crippen molar-refractivity contribution in [3.8, 4) is 56.6 Å². The maximum atomic E-state index is 6.44. The minimum atomic E-state index is -0.143. The Kier molecular flexibility index (Phi) is 11.9. The molecular formula is C58H51AuN2O2. The molecule has 1 aliphatic rings. The summed E-state index contributed by atoms with van der Waals surface area (Å²) in [4.78, 5) is 7.73. The SMILES string of the molecule is CC(C)(C)c1cc(-c2cc(-c3[c-]cc(N4c5ccccc5C(C)(C)c5ccccc54)cc3)nc(-c3[c-]c(Oc4[c-]cccc4)cc(Oc4ccccc4)c3)c2)cc(C(C)(C)C)c1.[Au+3]. The third-order valence-corrected chi connectivity index (χ3v) is 11.8. The van der Waals surface area contributed by atoms with E-state index in [4.69, 9.17) is 14.5 Å². The van der Waals surface area contributed by atoms with Gasteiger partial charge in [0.05, 0.1) is 5.75 Å². The van der Waals surface area contributed by atoms with Gasteiger partial charge in [0.2, 0.25) is 0 Å². The molecule has 5 heteroatoms. The first kappa shape index (κ1) is 43.5. The molecule has 4 nitrogen and oxygen atoms in total. The molecule has 1 aliphatic heterocycles. The third kappa shape index (κ3) is 9.03. The molecule has 0 saturated heterocycles. The Morgan fingerprint density at radius 3 is 1.70 bits per heavy atom. The minimum absolute atomic E-state index is 0. The van der Waals surface area contributed by atoms with Crippen molar-refractivity contribution >= 4 is 17.1 Å². The number of nitrogens with zero attached hydrogens (tertiary/aromatic N) is 2. The van der Waals surface area contributed by atoms with Gasteiger partial charge in [-0.2, -0.15) is 18.2 Å². The van der Waals surface area contributed by atoms with Crippen LogP contribution in [0.2, 0.25) is 0 Å². The van der Waals surface area contributed by atoms with Gasteiger partial charge in [0.1, 0.15) is 5.75 Å². The van der Waals surface area contributed by atoms with E-state index in [2.05, 4.69) is 176 Å². The van der Waals surface area contributed by atoms with Gasteiger partial charge < -0.3 is 19.4 Å². The second kappa shape index (κ2) is 17.2. The molecule has 0 bridgehead atoms. The molecule has 7 aromatic carbocycles. The van der Waals surface area contributed by atoms with Crippen molar-refractivity contribution < 1.29 is 31.9 Å². The number of ether oxygens (including phenoxy) is 2. The van der Waals surface area contributed by atoms with Crippen molar-refractivity contribution in [1.29, 1.82) is 0 Å². The average molecular weight is 1010 g/mol. The number of rotatable bonds is 8. The molecule has 0 amide bonds. The molecule has 0 saturated carbocycles. The normalized spacial score (nSPS) is 13.0. The van der Waals surface area contributed by atoms with Crippen LogP contribution in [-0.4, -0.2) is 4.98 Å². The van der Waals surface area contributed by atoms with Crippen LogP contribution in [0.25, 0.3) is 33.6 Å². The van der Waals surface area contributed by atoms with Crippen molar-refractivity contribution in [2.75, 3.05) is 4.90 Å². The van der Waals surface area contributed by atoms with Gasteiger partial charge >= 0.3 is 22.4 Å². The third-order valence-electron chi connectivity index (χ3n) is 11.8. The Labute approximate surface area is 389 Å². The van der Waals surface area contributed by atoms with Crippen LogP contribution in [0.4, 0.5) is 17.1 Å². The molecule has 1 aromatic heterocycles. The Balaban J connectivity index is 0.00000544. The number of fused-ring (bicyclic) bond motifs is 2. The van der Waals surface area contributed by atoms with Crippen LogP contribution in [0, 0.1) is 18.2 Å². The van der Waals surface area contributed by atoms with E-state index in [1.165, 1.54) is 33.6 Å². The van der Waals surface area contributed by atoms with Gasteiger partial charge in [0.15, 0.2) is 0 Å². The topological polar surface area (TPSA) is 34.6 Å². The summed E-state index contributed by atoms with van der Waals surface area (Å²) in [5.41, 5.74) is 13.6. The average Bonchev–Trinajstić information content (AvgIpc) is 3.26. The molecule has 316 valence electrons. The summed E-state index contributed by atoms with van der Waals surface area (Å²) in [6.45, 7) is 18.3. The number of para-hydroxylation sites is 4. The van der Waals surface area contributed by atoms with Crippen LogP contribution >= 0.6 is 0 Å². The molecule has 0 atom stereocenters. The van der Waals surface area contributed by atoms with E-state index in [0.717, 1.165) is 45.1 Å². The van der Waals surface area contributed by atoms with Crippen molar-refractivity contribution in [2.24, 2.45) is 0 Å².